The minimum absolute atomic E-state index is 0.597. The van der Waals surface area contributed by atoms with Crippen LogP contribution in [-0.4, -0.2) is 26.2 Å². The number of hydrogen-bond donors (Lipinski definition) is 3. The van der Waals surface area contributed by atoms with Gasteiger partial charge in [-0.2, -0.15) is 0 Å². The lowest BCUT2D eigenvalue weighted by Gasteiger charge is -1.86. The van der Waals surface area contributed by atoms with E-state index in [4.69, 9.17) is 11.5 Å². The lowest BCUT2D eigenvalue weighted by atomic mass is 10.7. The van der Waals surface area contributed by atoms with E-state index in [0.29, 0.717) is 13.1 Å². The summed E-state index contributed by atoms with van der Waals surface area (Å²) >= 11 is 0. The molecule has 0 unspecified atom stereocenters. The van der Waals surface area contributed by atoms with Crippen molar-refractivity contribution in [1.29, 1.82) is 0 Å². The minimum Gasteiger partial charge on any atom is -0.329 e. The highest BCUT2D eigenvalue weighted by atomic mass is 14.8. The Morgan fingerprint density at radius 3 is 1.33 bits per heavy atom. The molecule has 0 bridgehead atoms. The Bertz CT molecular complexity index is 27.5. The van der Waals surface area contributed by atoms with Crippen LogP contribution in [0.25, 0.3) is 0 Å². The average Bonchev–Trinajstić information content (AvgIpc) is 1.91. The van der Waals surface area contributed by atoms with E-state index in [-0.39, 0.29) is 0 Å². The van der Waals surface area contributed by atoms with Crippen molar-refractivity contribution >= 4 is 0 Å². The summed E-state index contributed by atoms with van der Waals surface area (Å²) in [5.74, 6) is 0. The van der Waals surface area contributed by atoms with Crippen molar-refractivity contribution in [3.63, 3.8) is 0 Å². The topological polar surface area (TPSA) is 64.1 Å². The Kier molecular flexibility index (Phi) is 20.3. The van der Waals surface area contributed by atoms with E-state index >= 15 is 0 Å². The molecule has 0 aromatic rings. The van der Waals surface area contributed by atoms with Crippen LogP contribution in [0.1, 0.15) is 13.8 Å². The SMILES string of the molecule is CCNCC.NCCN. The molecule has 0 atom stereocenters. The van der Waals surface area contributed by atoms with E-state index in [9.17, 15) is 0 Å². The van der Waals surface area contributed by atoms with Crippen LogP contribution in [0.15, 0.2) is 0 Å². The zero-order valence-corrected chi connectivity index (χ0v) is 6.48. The van der Waals surface area contributed by atoms with Gasteiger partial charge in [-0.05, 0) is 13.1 Å². The second-order valence-corrected chi connectivity index (χ2v) is 1.53. The molecule has 0 radical (unpaired) electrons. The largest absolute Gasteiger partial charge is 0.329 e. The van der Waals surface area contributed by atoms with Gasteiger partial charge in [-0.25, -0.2) is 0 Å². The monoisotopic (exact) mass is 133 g/mol. The lowest BCUT2D eigenvalue weighted by molar-refractivity contribution is 0.762. The predicted octanol–water partition coefficient (Wildman–Crippen LogP) is -0.480. The van der Waals surface area contributed by atoms with Crippen LogP contribution in [0.2, 0.25) is 0 Å². The third-order valence-electron chi connectivity index (χ3n) is 0.667. The van der Waals surface area contributed by atoms with Gasteiger partial charge >= 0.3 is 0 Å². The van der Waals surface area contributed by atoms with E-state index in [1.54, 1.807) is 0 Å². The Morgan fingerprint density at radius 1 is 1.00 bits per heavy atom. The summed E-state index contributed by atoms with van der Waals surface area (Å²) < 4.78 is 0. The first kappa shape index (κ1) is 11.6. The van der Waals surface area contributed by atoms with Crippen molar-refractivity contribution < 1.29 is 0 Å². The van der Waals surface area contributed by atoms with Crippen molar-refractivity contribution in [2.24, 2.45) is 11.5 Å². The molecule has 0 spiro atoms. The third-order valence-corrected chi connectivity index (χ3v) is 0.667. The van der Waals surface area contributed by atoms with Crippen LogP contribution in [0.3, 0.4) is 0 Å². The fraction of sp³-hybridized carbons (Fsp3) is 1.00. The highest BCUT2D eigenvalue weighted by molar-refractivity contribution is 4.27. The zero-order chi connectivity index (χ0) is 7.54. The predicted molar refractivity (Wildman–Crippen MR) is 42.3 cm³/mol. The van der Waals surface area contributed by atoms with Gasteiger partial charge in [0.1, 0.15) is 0 Å². The Balaban J connectivity index is 0. The Morgan fingerprint density at radius 2 is 1.33 bits per heavy atom. The molecule has 0 saturated heterocycles. The van der Waals surface area contributed by atoms with Gasteiger partial charge in [0.25, 0.3) is 0 Å². The normalized spacial score (nSPS) is 8.00. The Labute approximate surface area is 57.8 Å². The molecule has 0 rings (SSSR count). The molecule has 3 heteroatoms. The third kappa shape index (κ3) is 32.8. The maximum atomic E-state index is 4.90. The first-order chi connectivity index (χ1) is 4.33. The van der Waals surface area contributed by atoms with Crippen molar-refractivity contribution in [3.05, 3.63) is 0 Å². The molecule has 0 saturated carbocycles. The van der Waals surface area contributed by atoms with E-state index in [1.165, 1.54) is 0 Å². The average molecular weight is 133 g/mol. The van der Waals surface area contributed by atoms with Crippen LogP contribution in [-0.2, 0) is 0 Å². The minimum atomic E-state index is 0.597. The van der Waals surface area contributed by atoms with Crippen molar-refractivity contribution in [2.45, 2.75) is 13.8 Å². The van der Waals surface area contributed by atoms with Gasteiger partial charge < -0.3 is 16.8 Å². The van der Waals surface area contributed by atoms with Crippen LogP contribution < -0.4 is 16.8 Å². The van der Waals surface area contributed by atoms with E-state index in [0.717, 1.165) is 13.1 Å². The van der Waals surface area contributed by atoms with Crippen LogP contribution in [0.5, 0.6) is 0 Å². The molecule has 5 N–H and O–H groups in total. The molecule has 0 aromatic heterocycles. The van der Waals surface area contributed by atoms with Gasteiger partial charge in [-0.1, -0.05) is 13.8 Å². The maximum absolute atomic E-state index is 4.90. The maximum Gasteiger partial charge on any atom is 0.00461 e. The number of hydrogen-bond acceptors (Lipinski definition) is 3. The summed E-state index contributed by atoms with van der Waals surface area (Å²) in [5.41, 5.74) is 9.81. The number of nitrogens with two attached hydrogens (primary N) is 2. The second-order valence-electron chi connectivity index (χ2n) is 1.53. The summed E-state index contributed by atoms with van der Waals surface area (Å²) in [7, 11) is 0. The molecule has 9 heavy (non-hydrogen) atoms. The smallest absolute Gasteiger partial charge is 0.00461 e. The van der Waals surface area contributed by atoms with Crippen LogP contribution >= 0.6 is 0 Å². The summed E-state index contributed by atoms with van der Waals surface area (Å²) in [4.78, 5) is 0. The van der Waals surface area contributed by atoms with Gasteiger partial charge in [0.2, 0.25) is 0 Å². The summed E-state index contributed by atoms with van der Waals surface area (Å²) in [6, 6.07) is 0. The molecule has 3 nitrogen and oxygen atoms in total. The molecular weight excluding hydrogens is 114 g/mol. The van der Waals surface area contributed by atoms with Crippen LogP contribution in [0.4, 0.5) is 0 Å². The molecule has 0 amide bonds. The van der Waals surface area contributed by atoms with E-state index in [1.807, 2.05) is 0 Å². The summed E-state index contributed by atoms with van der Waals surface area (Å²) in [5, 5.41) is 3.11. The van der Waals surface area contributed by atoms with Crippen molar-refractivity contribution in [2.75, 3.05) is 26.2 Å². The Hall–Kier alpha value is -0.120. The van der Waals surface area contributed by atoms with Gasteiger partial charge in [-0.15, -0.1) is 0 Å². The second kappa shape index (κ2) is 15.7. The fourth-order valence-corrected chi connectivity index (χ4v) is 0.250. The van der Waals surface area contributed by atoms with Gasteiger partial charge in [0.15, 0.2) is 0 Å². The number of nitrogens with one attached hydrogen (secondary N) is 1. The molecular formula is C6H19N3. The van der Waals surface area contributed by atoms with Gasteiger partial charge in [-0.3, -0.25) is 0 Å². The molecule has 0 aliphatic carbocycles. The molecule has 58 valence electrons. The molecule has 0 aromatic carbocycles. The van der Waals surface area contributed by atoms with E-state index in [2.05, 4.69) is 19.2 Å². The van der Waals surface area contributed by atoms with Crippen molar-refractivity contribution in [1.82, 2.24) is 5.32 Å². The standard InChI is InChI=1S/C4H11N.C2H8N2/c1-3-5-4-2;3-1-2-4/h5H,3-4H2,1-2H3;1-4H2. The first-order valence-corrected chi connectivity index (χ1v) is 3.44. The quantitative estimate of drug-likeness (QED) is 0.487. The van der Waals surface area contributed by atoms with Crippen LogP contribution in [0, 0.1) is 0 Å². The fourth-order valence-electron chi connectivity index (χ4n) is 0.250. The van der Waals surface area contributed by atoms with Gasteiger partial charge in [0.05, 0.1) is 0 Å². The summed E-state index contributed by atoms with van der Waals surface area (Å²) in [6.45, 7) is 7.58. The highest BCUT2D eigenvalue weighted by Crippen LogP contribution is 1.47. The molecule has 0 fully saturated rings. The lowest BCUT2D eigenvalue weighted by Crippen LogP contribution is -2.11. The van der Waals surface area contributed by atoms with Gasteiger partial charge in [0, 0.05) is 13.1 Å². The first-order valence-electron chi connectivity index (χ1n) is 3.44. The number of rotatable bonds is 3. The molecule has 0 aliphatic rings. The zero-order valence-electron chi connectivity index (χ0n) is 6.48. The summed E-state index contributed by atoms with van der Waals surface area (Å²) in [6.07, 6.45) is 0. The van der Waals surface area contributed by atoms with E-state index < -0.39 is 0 Å². The highest BCUT2D eigenvalue weighted by Gasteiger charge is 1.62. The molecule has 0 heterocycles. The molecule has 0 aliphatic heterocycles. The van der Waals surface area contributed by atoms with Crippen molar-refractivity contribution in [3.8, 4) is 0 Å².